The minimum Gasteiger partial charge on any atom is -0.383 e. The van der Waals surface area contributed by atoms with Crippen LogP contribution in [-0.2, 0) is 15.1 Å². The predicted octanol–water partition coefficient (Wildman–Crippen LogP) is 0.905. The molecule has 1 aliphatic carbocycles. The van der Waals surface area contributed by atoms with Crippen LogP contribution < -0.4 is 11.1 Å². The average Bonchev–Trinajstić information content (AvgIpc) is 3.10. The van der Waals surface area contributed by atoms with E-state index in [1.54, 1.807) is 6.07 Å². The molecular formula is C13H17FN2O2. The molecule has 1 amide bonds. The van der Waals surface area contributed by atoms with Crippen molar-refractivity contribution in [3.63, 3.8) is 0 Å². The minimum absolute atomic E-state index is 0.172. The zero-order valence-corrected chi connectivity index (χ0v) is 10.3. The number of nitrogens with one attached hydrogen (secondary N) is 1. The molecule has 1 saturated carbocycles. The molecule has 0 saturated heterocycles. The summed E-state index contributed by atoms with van der Waals surface area (Å²) < 4.78 is 18.0. The van der Waals surface area contributed by atoms with Gasteiger partial charge in [0, 0.05) is 7.11 Å². The number of amides is 1. The quantitative estimate of drug-likeness (QED) is 0.818. The first-order valence-corrected chi connectivity index (χ1v) is 5.90. The Kier molecular flexibility index (Phi) is 3.63. The summed E-state index contributed by atoms with van der Waals surface area (Å²) in [6, 6.07) is 5.61. The summed E-state index contributed by atoms with van der Waals surface area (Å²) in [7, 11) is 1.49. The van der Waals surface area contributed by atoms with Crippen LogP contribution in [0.25, 0.3) is 0 Å². The zero-order chi connectivity index (χ0) is 13.2. The Hall–Kier alpha value is -1.46. The van der Waals surface area contributed by atoms with Crippen molar-refractivity contribution in [1.82, 2.24) is 5.32 Å². The van der Waals surface area contributed by atoms with E-state index in [-0.39, 0.29) is 18.3 Å². The molecule has 2 rings (SSSR count). The largest absolute Gasteiger partial charge is 0.383 e. The lowest BCUT2D eigenvalue weighted by Gasteiger charge is -2.20. The first-order valence-electron chi connectivity index (χ1n) is 5.90. The number of hydrogen-bond acceptors (Lipinski definition) is 3. The fraction of sp³-hybridized carbons (Fsp3) is 0.462. The molecule has 0 heterocycles. The van der Waals surface area contributed by atoms with Crippen molar-refractivity contribution >= 4 is 5.91 Å². The molecule has 1 atom stereocenters. The van der Waals surface area contributed by atoms with Gasteiger partial charge in [-0.3, -0.25) is 4.79 Å². The second-order valence-electron chi connectivity index (χ2n) is 4.64. The fourth-order valence-corrected chi connectivity index (χ4v) is 1.98. The summed E-state index contributed by atoms with van der Waals surface area (Å²) in [5, 5.41) is 2.88. The van der Waals surface area contributed by atoms with Crippen molar-refractivity contribution in [1.29, 1.82) is 0 Å². The van der Waals surface area contributed by atoms with E-state index >= 15 is 0 Å². The summed E-state index contributed by atoms with van der Waals surface area (Å²) in [4.78, 5) is 11.8. The van der Waals surface area contributed by atoms with Gasteiger partial charge in [0.15, 0.2) is 0 Å². The van der Waals surface area contributed by atoms with Gasteiger partial charge in [-0.05, 0) is 30.5 Å². The van der Waals surface area contributed by atoms with Crippen LogP contribution in [0.15, 0.2) is 24.3 Å². The Labute approximate surface area is 105 Å². The molecule has 0 radical (unpaired) electrons. The Morgan fingerprint density at radius 1 is 1.61 bits per heavy atom. The van der Waals surface area contributed by atoms with Gasteiger partial charge in [-0.25, -0.2) is 4.39 Å². The highest BCUT2D eigenvalue weighted by Crippen LogP contribution is 2.45. The van der Waals surface area contributed by atoms with E-state index in [1.165, 1.54) is 19.2 Å². The number of methoxy groups -OCH3 is 1. The number of benzene rings is 1. The summed E-state index contributed by atoms with van der Waals surface area (Å²) in [6.07, 6.45) is 1.61. The topological polar surface area (TPSA) is 64.3 Å². The standard InChI is InChI=1S/C13H17FN2O2/c1-18-8-11(15)12(17)16-13(5-6-13)9-3-2-4-10(14)7-9/h2-4,7,11H,5-6,8,15H2,1H3,(H,16,17). The van der Waals surface area contributed by atoms with Crippen LogP contribution in [-0.4, -0.2) is 25.7 Å². The lowest BCUT2D eigenvalue weighted by Crippen LogP contribution is -2.47. The van der Waals surface area contributed by atoms with E-state index in [9.17, 15) is 9.18 Å². The molecule has 5 heteroatoms. The second kappa shape index (κ2) is 5.04. The maximum absolute atomic E-state index is 13.2. The van der Waals surface area contributed by atoms with Crippen molar-refractivity contribution < 1.29 is 13.9 Å². The molecule has 0 bridgehead atoms. The third kappa shape index (κ3) is 2.68. The van der Waals surface area contributed by atoms with Crippen molar-refractivity contribution in [3.8, 4) is 0 Å². The summed E-state index contributed by atoms with van der Waals surface area (Å²) in [6.45, 7) is 0.172. The van der Waals surface area contributed by atoms with Crippen LogP contribution in [0.3, 0.4) is 0 Å². The van der Waals surface area contributed by atoms with E-state index in [2.05, 4.69) is 5.32 Å². The van der Waals surface area contributed by atoms with Gasteiger partial charge < -0.3 is 15.8 Å². The number of carbonyl (C=O) groups excluding carboxylic acids is 1. The molecule has 0 spiro atoms. The first-order chi connectivity index (χ1) is 8.57. The van der Waals surface area contributed by atoms with Gasteiger partial charge in [-0.1, -0.05) is 12.1 Å². The molecule has 4 nitrogen and oxygen atoms in total. The minimum atomic E-state index is -0.693. The summed E-state index contributed by atoms with van der Waals surface area (Å²) in [5.41, 5.74) is 6.01. The van der Waals surface area contributed by atoms with E-state index < -0.39 is 11.6 Å². The lowest BCUT2D eigenvalue weighted by atomic mass is 10.0. The second-order valence-corrected chi connectivity index (χ2v) is 4.64. The number of hydrogen-bond donors (Lipinski definition) is 2. The molecule has 0 aromatic heterocycles. The highest BCUT2D eigenvalue weighted by molar-refractivity contribution is 5.83. The first kappa shape index (κ1) is 13.0. The lowest BCUT2D eigenvalue weighted by molar-refractivity contribution is -0.124. The predicted molar refractivity (Wildman–Crippen MR) is 65.3 cm³/mol. The van der Waals surface area contributed by atoms with Crippen LogP contribution in [0, 0.1) is 5.82 Å². The highest BCUT2D eigenvalue weighted by Gasteiger charge is 2.46. The smallest absolute Gasteiger partial charge is 0.239 e. The molecule has 1 aromatic rings. The van der Waals surface area contributed by atoms with Crippen LogP contribution in [0.4, 0.5) is 4.39 Å². The number of carbonyl (C=O) groups is 1. The zero-order valence-electron chi connectivity index (χ0n) is 10.3. The molecule has 18 heavy (non-hydrogen) atoms. The number of rotatable bonds is 5. The molecule has 1 fully saturated rings. The molecule has 3 N–H and O–H groups in total. The third-order valence-corrected chi connectivity index (χ3v) is 3.17. The van der Waals surface area contributed by atoms with E-state index in [0.29, 0.717) is 0 Å². The molecular weight excluding hydrogens is 235 g/mol. The molecule has 98 valence electrons. The van der Waals surface area contributed by atoms with Gasteiger partial charge in [-0.2, -0.15) is 0 Å². The van der Waals surface area contributed by atoms with E-state index in [1.807, 2.05) is 6.07 Å². The maximum atomic E-state index is 13.2. The van der Waals surface area contributed by atoms with Gasteiger partial charge in [0.25, 0.3) is 0 Å². The Bertz CT molecular complexity index is 446. The molecule has 1 aliphatic rings. The number of halogens is 1. The maximum Gasteiger partial charge on any atom is 0.239 e. The summed E-state index contributed by atoms with van der Waals surface area (Å²) >= 11 is 0. The molecule has 1 aromatic carbocycles. The van der Waals surface area contributed by atoms with Crippen LogP contribution >= 0.6 is 0 Å². The van der Waals surface area contributed by atoms with Crippen LogP contribution in [0.5, 0.6) is 0 Å². The normalized spacial score (nSPS) is 18.2. The van der Waals surface area contributed by atoms with Crippen LogP contribution in [0.2, 0.25) is 0 Å². The average molecular weight is 252 g/mol. The fourth-order valence-electron chi connectivity index (χ4n) is 1.98. The van der Waals surface area contributed by atoms with Crippen molar-refractivity contribution in [2.45, 2.75) is 24.4 Å². The molecule has 0 aliphatic heterocycles. The van der Waals surface area contributed by atoms with E-state index in [4.69, 9.17) is 10.5 Å². The van der Waals surface area contributed by atoms with Gasteiger partial charge >= 0.3 is 0 Å². The van der Waals surface area contributed by atoms with Gasteiger partial charge in [0.2, 0.25) is 5.91 Å². The third-order valence-electron chi connectivity index (χ3n) is 3.17. The van der Waals surface area contributed by atoms with Gasteiger partial charge in [-0.15, -0.1) is 0 Å². The Morgan fingerprint density at radius 3 is 2.89 bits per heavy atom. The van der Waals surface area contributed by atoms with Gasteiger partial charge in [0.05, 0.1) is 12.1 Å². The SMILES string of the molecule is COCC(N)C(=O)NC1(c2cccc(F)c2)CC1. The monoisotopic (exact) mass is 252 g/mol. The van der Waals surface area contributed by atoms with E-state index in [0.717, 1.165) is 18.4 Å². The number of ether oxygens (including phenoxy) is 1. The summed E-state index contributed by atoms with van der Waals surface area (Å²) in [5.74, 6) is -0.562. The highest BCUT2D eigenvalue weighted by atomic mass is 19.1. The Balaban J connectivity index is 2.07. The van der Waals surface area contributed by atoms with Gasteiger partial charge in [0.1, 0.15) is 11.9 Å². The van der Waals surface area contributed by atoms with Crippen molar-refractivity contribution in [3.05, 3.63) is 35.6 Å². The molecule has 1 unspecified atom stereocenters. The Morgan fingerprint density at radius 2 is 2.33 bits per heavy atom. The van der Waals surface area contributed by atoms with Crippen molar-refractivity contribution in [2.24, 2.45) is 5.73 Å². The van der Waals surface area contributed by atoms with Crippen molar-refractivity contribution in [2.75, 3.05) is 13.7 Å². The van der Waals surface area contributed by atoms with Crippen LogP contribution in [0.1, 0.15) is 18.4 Å². The number of nitrogens with two attached hydrogens (primary N) is 1.